The van der Waals surface area contributed by atoms with Gasteiger partial charge in [-0.05, 0) is 30.2 Å². The molecule has 0 bridgehead atoms. The van der Waals surface area contributed by atoms with Crippen LogP contribution in [-0.4, -0.2) is 47.2 Å². The maximum atomic E-state index is 13.9. The number of benzene rings is 2. The minimum atomic E-state index is -0.225. The van der Waals surface area contributed by atoms with E-state index in [4.69, 9.17) is 0 Å². The summed E-state index contributed by atoms with van der Waals surface area (Å²) in [4.78, 5) is 4.56. The van der Waals surface area contributed by atoms with Crippen molar-refractivity contribution in [1.29, 1.82) is 0 Å². The van der Waals surface area contributed by atoms with E-state index in [1.807, 2.05) is 24.3 Å². The Morgan fingerprint density at radius 3 is 2.44 bits per heavy atom. The van der Waals surface area contributed by atoms with E-state index in [9.17, 15) is 13.9 Å². The molecule has 1 unspecified atom stereocenters. The Hall–Kier alpha value is -1.82. The Bertz CT molecular complexity index is 678. The van der Waals surface area contributed by atoms with Gasteiger partial charge in [-0.25, -0.2) is 8.78 Å². The van der Waals surface area contributed by atoms with Crippen LogP contribution in [0, 0.1) is 11.6 Å². The molecule has 0 radical (unpaired) electrons. The molecule has 25 heavy (non-hydrogen) atoms. The van der Waals surface area contributed by atoms with Crippen molar-refractivity contribution in [2.24, 2.45) is 0 Å². The molecule has 134 valence electrons. The lowest BCUT2D eigenvalue weighted by Gasteiger charge is -2.41. The SMILES string of the molecule is OCCC1CN(Cc2ccc(F)cc2)CCN1Cc1ccccc1F. The molecule has 0 amide bonds. The molecule has 2 aromatic carbocycles. The molecule has 1 heterocycles. The number of nitrogens with zero attached hydrogens (tertiary/aromatic N) is 2. The fraction of sp³-hybridized carbons (Fsp3) is 0.400. The molecule has 1 atom stereocenters. The van der Waals surface area contributed by atoms with Gasteiger partial charge >= 0.3 is 0 Å². The quantitative estimate of drug-likeness (QED) is 0.871. The Balaban J connectivity index is 1.63. The van der Waals surface area contributed by atoms with E-state index in [0.717, 1.165) is 31.7 Å². The third kappa shape index (κ3) is 4.84. The highest BCUT2D eigenvalue weighted by molar-refractivity contribution is 5.18. The van der Waals surface area contributed by atoms with Crippen molar-refractivity contribution in [2.45, 2.75) is 25.6 Å². The van der Waals surface area contributed by atoms with Crippen LogP contribution in [0.15, 0.2) is 48.5 Å². The molecular formula is C20H24F2N2O. The van der Waals surface area contributed by atoms with Crippen LogP contribution >= 0.6 is 0 Å². The Kier molecular flexibility index (Phi) is 6.13. The molecule has 1 saturated heterocycles. The van der Waals surface area contributed by atoms with Gasteiger partial charge in [0.05, 0.1) is 0 Å². The molecule has 0 saturated carbocycles. The van der Waals surface area contributed by atoms with Crippen LogP contribution in [0.2, 0.25) is 0 Å². The number of halogens is 2. The van der Waals surface area contributed by atoms with Crippen molar-refractivity contribution in [3.05, 3.63) is 71.3 Å². The van der Waals surface area contributed by atoms with Gasteiger partial charge in [0.1, 0.15) is 11.6 Å². The number of aliphatic hydroxyl groups excluding tert-OH is 1. The van der Waals surface area contributed by atoms with Crippen LogP contribution in [0.5, 0.6) is 0 Å². The van der Waals surface area contributed by atoms with Crippen molar-refractivity contribution in [3.63, 3.8) is 0 Å². The molecule has 1 N–H and O–H groups in total. The predicted octanol–water partition coefficient (Wildman–Crippen LogP) is 3.03. The summed E-state index contributed by atoms with van der Waals surface area (Å²) >= 11 is 0. The molecule has 3 rings (SSSR count). The second-order valence-electron chi connectivity index (χ2n) is 6.59. The maximum Gasteiger partial charge on any atom is 0.127 e. The van der Waals surface area contributed by atoms with Crippen LogP contribution in [0.3, 0.4) is 0 Å². The highest BCUT2D eigenvalue weighted by atomic mass is 19.1. The highest BCUT2D eigenvalue weighted by Gasteiger charge is 2.27. The number of piperazine rings is 1. The first-order valence-corrected chi connectivity index (χ1v) is 8.71. The van der Waals surface area contributed by atoms with Crippen LogP contribution in [0.25, 0.3) is 0 Å². The van der Waals surface area contributed by atoms with Crippen LogP contribution in [-0.2, 0) is 13.1 Å². The molecule has 0 aliphatic carbocycles. The summed E-state index contributed by atoms with van der Waals surface area (Å²) in [7, 11) is 0. The zero-order valence-electron chi connectivity index (χ0n) is 14.2. The number of aliphatic hydroxyl groups is 1. The second kappa shape index (κ2) is 8.52. The van der Waals surface area contributed by atoms with E-state index in [-0.39, 0.29) is 24.3 Å². The van der Waals surface area contributed by atoms with Crippen molar-refractivity contribution >= 4 is 0 Å². The van der Waals surface area contributed by atoms with Gasteiger partial charge in [-0.1, -0.05) is 30.3 Å². The standard InChI is InChI=1S/C20H24F2N2O/c21-18-7-5-16(6-8-18)13-23-10-11-24(19(15-23)9-12-25)14-17-3-1-2-4-20(17)22/h1-8,19,25H,9-15H2. The zero-order chi connectivity index (χ0) is 17.6. The van der Waals surface area contributed by atoms with Crippen LogP contribution < -0.4 is 0 Å². The lowest BCUT2D eigenvalue weighted by atomic mass is 10.1. The van der Waals surface area contributed by atoms with Crippen LogP contribution in [0.4, 0.5) is 8.78 Å². The van der Waals surface area contributed by atoms with E-state index in [0.29, 0.717) is 18.5 Å². The van der Waals surface area contributed by atoms with Gasteiger partial charge in [-0.2, -0.15) is 0 Å². The summed E-state index contributed by atoms with van der Waals surface area (Å²) < 4.78 is 27.0. The molecule has 1 aliphatic rings. The fourth-order valence-electron chi connectivity index (χ4n) is 3.43. The van der Waals surface area contributed by atoms with Gasteiger partial charge in [0, 0.05) is 50.9 Å². The Morgan fingerprint density at radius 2 is 1.72 bits per heavy atom. The lowest BCUT2D eigenvalue weighted by Crippen LogP contribution is -2.52. The summed E-state index contributed by atoms with van der Waals surface area (Å²) in [5.74, 6) is -0.407. The van der Waals surface area contributed by atoms with Crippen molar-refractivity contribution in [3.8, 4) is 0 Å². The molecule has 1 aliphatic heterocycles. The highest BCUT2D eigenvalue weighted by Crippen LogP contribution is 2.19. The van der Waals surface area contributed by atoms with Gasteiger partial charge in [0.25, 0.3) is 0 Å². The molecule has 2 aromatic rings. The second-order valence-corrected chi connectivity index (χ2v) is 6.59. The third-order valence-electron chi connectivity index (χ3n) is 4.80. The van der Waals surface area contributed by atoms with Gasteiger partial charge in [0.15, 0.2) is 0 Å². The monoisotopic (exact) mass is 346 g/mol. The Morgan fingerprint density at radius 1 is 0.960 bits per heavy atom. The lowest BCUT2D eigenvalue weighted by molar-refractivity contribution is 0.0493. The first-order valence-electron chi connectivity index (χ1n) is 8.71. The minimum absolute atomic E-state index is 0.114. The molecule has 1 fully saturated rings. The van der Waals surface area contributed by atoms with E-state index < -0.39 is 0 Å². The summed E-state index contributed by atoms with van der Waals surface area (Å²) in [5, 5.41) is 9.40. The average molecular weight is 346 g/mol. The van der Waals surface area contributed by atoms with Crippen molar-refractivity contribution in [2.75, 3.05) is 26.2 Å². The van der Waals surface area contributed by atoms with Gasteiger partial charge in [0.2, 0.25) is 0 Å². The normalized spacial score (nSPS) is 19.2. The van der Waals surface area contributed by atoms with Gasteiger partial charge in [-0.3, -0.25) is 9.80 Å². The Labute approximate surface area is 147 Å². The topological polar surface area (TPSA) is 26.7 Å². The molecule has 0 aromatic heterocycles. The summed E-state index contributed by atoms with van der Waals surface area (Å²) in [6.45, 7) is 3.93. The number of hydrogen-bond acceptors (Lipinski definition) is 3. The first kappa shape index (κ1) is 18.0. The van der Waals surface area contributed by atoms with E-state index in [1.54, 1.807) is 6.07 Å². The zero-order valence-corrected chi connectivity index (χ0v) is 14.2. The van der Waals surface area contributed by atoms with Gasteiger partial charge in [-0.15, -0.1) is 0 Å². The summed E-state index contributed by atoms with van der Waals surface area (Å²) in [6.07, 6.45) is 0.661. The molecule has 3 nitrogen and oxygen atoms in total. The molecular weight excluding hydrogens is 322 g/mol. The van der Waals surface area contributed by atoms with E-state index >= 15 is 0 Å². The molecule has 0 spiro atoms. The van der Waals surface area contributed by atoms with Gasteiger partial charge < -0.3 is 5.11 Å². The average Bonchev–Trinajstić information content (AvgIpc) is 2.61. The number of hydrogen-bond donors (Lipinski definition) is 1. The molecule has 5 heteroatoms. The fourth-order valence-corrected chi connectivity index (χ4v) is 3.43. The van der Waals surface area contributed by atoms with E-state index in [1.165, 1.54) is 18.2 Å². The maximum absolute atomic E-state index is 13.9. The largest absolute Gasteiger partial charge is 0.396 e. The first-order chi connectivity index (χ1) is 12.2. The summed E-state index contributed by atoms with van der Waals surface area (Å²) in [5.41, 5.74) is 1.77. The smallest absolute Gasteiger partial charge is 0.127 e. The number of rotatable bonds is 6. The minimum Gasteiger partial charge on any atom is -0.396 e. The predicted molar refractivity (Wildman–Crippen MR) is 94.0 cm³/mol. The van der Waals surface area contributed by atoms with Crippen molar-refractivity contribution in [1.82, 2.24) is 9.80 Å². The van der Waals surface area contributed by atoms with Crippen LogP contribution in [0.1, 0.15) is 17.5 Å². The van der Waals surface area contributed by atoms with E-state index in [2.05, 4.69) is 9.80 Å². The summed E-state index contributed by atoms with van der Waals surface area (Å²) in [6, 6.07) is 13.6. The van der Waals surface area contributed by atoms with Crippen molar-refractivity contribution < 1.29 is 13.9 Å². The third-order valence-corrected chi connectivity index (χ3v) is 4.80.